The van der Waals surface area contributed by atoms with Crippen molar-refractivity contribution in [3.63, 3.8) is 0 Å². The third-order valence-electron chi connectivity index (χ3n) is 9.65. The Labute approximate surface area is 290 Å². The molecule has 3 aliphatic heterocycles. The molecule has 3 aliphatic rings. The number of nitrogens with one attached hydrogen (secondary N) is 1. The molecule has 11 heteroatoms. The van der Waals surface area contributed by atoms with Gasteiger partial charge in [-0.05, 0) is 49.8 Å². The number of rotatable bonds is 15. The van der Waals surface area contributed by atoms with Gasteiger partial charge in [-0.15, -0.1) is 13.2 Å². The Bertz CT molecular complexity index is 1530. The monoisotopic (exact) mass is 721 g/mol. The van der Waals surface area contributed by atoms with Crippen molar-refractivity contribution in [2.75, 3.05) is 31.2 Å². The zero-order valence-electron chi connectivity index (χ0n) is 27.5. The van der Waals surface area contributed by atoms with Crippen LogP contribution in [0.3, 0.4) is 0 Å². The van der Waals surface area contributed by atoms with E-state index in [9.17, 15) is 24.3 Å². The van der Waals surface area contributed by atoms with E-state index in [2.05, 4.69) is 34.4 Å². The number of halogens is 1. The van der Waals surface area contributed by atoms with Crippen molar-refractivity contribution >= 4 is 45.3 Å². The molecular formula is C37H44BrN3O7. The van der Waals surface area contributed by atoms with Crippen LogP contribution in [0.4, 0.5) is 5.69 Å². The normalized spacial score (nSPS) is 26.1. The quantitative estimate of drug-likeness (QED) is 0.160. The lowest BCUT2D eigenvalue weighted by Gasteiger charge is -2.38. The molecule has 2 aromatic rings. The molecule has 0 saturated carbocycles. The standard InChI is InChI=1S/C37H44BrN3O7/c1-5-7-17-28(43)47-22-27(25-15-9-8-10-16-25)39-34(44)29-30-35(45)41(19-12-20-42)33(37(30)21-26(38)32(29)48-37)36(46)40(18-6-2)31-23(3)13-11-14-24(31)4/h5-6,8-11,13-16,26-27,29-30,32-33,42H,1-2,7,12,17-22H2,3-4H3,(H,39,44)/t26?,27-,29+,30-,32+,33+,37-/m0/s1. The summed E-state index contributed by atoms with van der Waals surface area (Å²) in [6.45, 7) is 11.5. The number of nitrogens with zero attached hydrogens (tertiary/aromatic N) is 2. The zero-order chi connectivity index (χ0) is 34.6. The fourth-order valence-corrected chi connectivity index (χ4v) is 8.58. The minimum Gasteiger partial charge on any atom is -0.463 e. The number of amides is 3. The summed E-state index contributed by atoms with van der Waals surface area (Å²) in [4.78, 5) is 58.8. The number of benzene rings is 2. The molecule has 48 heavy (non-hydrogen) atoms. The van der Waals surface area contributed by atoms with Gasteiger partial charge in [0.05, 0.1) is 24.0 Å². The summed E-state index contributed by atoms with van der Waals surface area (Å²) < 4.78 is 12.2. The molecule has 256 valence electrons. The number of carbonyl (C=O) groups excluding carboxylic acids is 4. The molecule has 3 fully saturated rings. The Morgan fingerprint density at radius 2 is 1.85 bits per heavy atom. The van der Waals surface area contributed by atoms with Crippen molar-refractivity contribution in [2.45, 2.75) is 68.1 Å². The van der Waals surface area contributed by atoms with Gasteiger partial charge >= 0.3 is 5.97 Å². The molecule has 1 unspecified atom stereocenters. The van der Waals surface area contributed by atoms with E-state index in [1.54, 1.807) is 17.1 Å². The highest BCUT2D eigenvalue weighted by molar-refractivity contribution is 9.09. The van der Waals surface area contributed by atoms with Crippen LogP contribution >= 0.6 is 15.9 Å². The second-order valence-electron chi connectivity index (χ2n) is 12.7. The van der Waals surface area contributed by atoms with Crippen LogP contribution in [0.1, 0.15) is 48.4 Å². The highest BCUT2D eigenvalue weighted by Gasteiger charge is 2.76. The van der Waals surface area contributed by atoms with E-state index in [0.717, 1.165) is 22.4 Å². The van der Waals surface area contributed by atoms with Crippen LogP contribution in [0, 0.1) is 25.7 Å². The highest BCUT2D eigenvalue weighted by Crippen LogP contribution is 2.60. The van der Waals surface area contributed by atoms with Crippen molar-refractivity contribution in [3.8, 4) is 0 Å². The van der Waals surface area contributed by atoms with Gasteiger partial charge in [-0.2, -0.15) is 0 Å². The number of alkyl halides is 1. The van der Waals surface area contributed by atoms with Gasteiger partial charge in [0.2, 0.25) is 11.8 Å². The summed E-state index contributed by atoms with van der Waals surface area (Å²) in [5, 5.41) is 12.8. The summed E-state index contributed by atoms with van der Waals surface area (Å²) in [6.07, 6.45) is 3.87. The number of aliphatic hydroxyl groups is 1. The molecule has 10 nitrogen and oxygen atoms in total. The van der Waals surface area contributed by atoms with Gasteiger partial charge in [-0.3, -0.25) is 19.2 Å². The van der Waals surface area contributed by atoms with Crippen LogP contribution in [-0.4, -0.2) is 82.6 Å². The lowest BCUT2D eigenvalue weighted by atomic mass is 9.70. The van der Waals surface area contributed by atoms with Gasteiger partial charge in [0, 0.05) is 36.6 Å². The number of likely N-dealkylation sites (tertiary alicyclic amines) is 1. The van der Waals surface area contributed by atoms with Gasteiger partial charge < -0.3 is 29.7 Å². The van der Waals surface area contributed by atoms with Crippen LogP contribution < -0.4 is 10.2 Å². The first kappa shape index (κ1) is 35.5. The van der Waals surface area contributed by atoms with Gasteiger partial charge in [0.25, 0.3) is 5.91 Å². The van der Waals surface area contributed by atoms with Crippen LogP contribution in [0.2, 0.25) is 0 Å². The number of anilines is 1. The number of carbonyl (C=O) groups is 4. The molecule has 3 heterocycles. The predicted octanol–water partition coefficient (Wildman–Crippen LogP) is 4.32. The number of hydrogen-bond acceptors (Lipinski definition) is 7. The first-order chi connectivity index (χ1) is 23.1. The maximum absolute atomic E-state index is 14.8. The van der Waals surface area contributed by atoms with Gasteiger partial charge in [0.15, 0.2) is 0 Å². The van der Waals surface area contributed by atoms with Crippen molar-refractivity contribution in [2.24, 2.45) is 11.8 Å². The third-order valence-corrected chi connectivity index (χ3v) is 10.5. The number of esters is 1. The Kier molecular flexibility index (Phi) is 11.2. The van der Waals surface area contributed by atoms with E-state index < -0.39 is 47.5 Å². The van der Waals surface area contributed by atoms with Gasteiger partial charge in [-0.1, -0.05) is 76.6 Å². The number of hydrogen-bond donors (Lipinski definition) is 2. The Morgan fingerprint density at radius 3 is 2.50 bits per heavy atom. The second kappa shape index (κ2) is 15.2. The number of para-hydroxylation sites is 1. The molecule has 0 aliphatic carbocycles. The molecule has 2 aromatic carbocycles. The molecule has 3 amide bonds. The summed E-state index contributed by atoms with van der Waals surface area (Å²) in [7, 11) is 0. The lowest BCUT2D eigenvalue weighted by Crippen LogP contribution is -2.57. The van der Waals surface area contributed by atoms with Crippen molar-refractivity contribution in [1.29, 1.82) is 0 Å². The van der Waals surface area contributed by atoms with Crippen LogP contribution in [-0.2, 0) is 28.7 Å². The first-order valence-electron chi connectivity index (χ1n) is 16.4. The minimum atomic E-state index is -1.28. The van der Waals surface area contributed by atoms with E-state index in [1.165, 1.54) is 4.90 Å². The van der Waals surface area contributed by atoms with Crippen molar-refractivity contribution in [3.05, 3.63) is 90.5 Å². The van der Waals surface area contributed by atoms with Gasteiger partial charge in [-0.25, -0.2) is 0 Å². The Hall–Kier alpha value is -3.80. The van der Waals surface area contributed by atoms with E-state index in [1.807, 2.05) is 62.4 Å². The molecule has 1 spiro atoms. The fourth-order valence-electron chi connectivity index (χ4n) is 7.63. The molecule has 0 radical (unpaired) electrons. The first-order valence-corrected chi connectivity index (χ1v) is 17.3. The largest absolute Gasteiger partial charge is 0.463 e. The topological polar surface area (TPSA) is 125 Å². The molecule has 2 bridgehead atoms. The average molecular weight is 723 g/mol. The van der Waals surface area contributed by atoms with Crippen LogP contribution in [0.25, 0.3) is 0 Å². The third kappa shape index (κ3) is 6.60. The average Bonchev–Trinajstić information content (AvgIpc) is 3.67. The number of allylic oxidation sites excluding steroid dienone is 1. The van der Waals surface area contributed by atoms with E-state index >= 15 is 0 Å². The number of ether oxygens (including phenoxy) is 2. The molecule has 2 N–H and O–H groups in total. The second-order valence-corrected chi connectivity index (χ2v) is 13.9. The SMILES string of the molecule is C=CCCC(=O)OC[C@H](NC(=O)[C@H]1[C@@H]2O[C@@]3(CC2Br)[C@@H]1C(=O)N(CCCO)[C@@H]3C(=O)N(CC=C)c1c(C)cccc1C)c1ccccc1. The Balaban J connectivity index is 1.49. The number of fused-ring (bicyclic) bond motifs is 1. The molecule has 3 saturated heterocycles. The molecule has 0 aromatic heterocycles. The lowest BCUT2D eigenvalue weighted by molar-refractivity contribution is -0.145. The maximum atomic E-state index is 14.8. The summed E-state index contributed by atoms with van der Waals surface area (Å²) in [5.74, 6) is -3.35. The molecule has 5 rings (SSSR count). The van der Waals surface area contributed by atoms with Gasteiger partial charge in [0.1, 0.15) is 18.2 Å². The number of aliphatic hydroxyl groups excluding tert-OH is 1. The van der Waals surface area contributed by atoms with Crippen LogP contribution in [0.15, 0.2) is 73.8 Å². The minimum absolute atomic E-state index is 0.0957. The van der Waals surface area contributed by atoms with E-state index in [4.69, 9.17) is 9.47 Å². The number of aryl methyl sites for hydroxylation is 2. The summed E-state index contributed by atoms with van der Waals surface area (Å²) >= 11 is 3.73. The smallest absolute Gasteiger partial charge is 0.306 e. The highest BCUT2D eigenvalue weighted by atomic mass is 79.9. The van der Waals surface area contributed by atoms with E-state index in [-0.39, 0.29) is 55.8 Å². The Morgan fingerprint density at radius 1 is 1.15 bits per heavy atom. The maximum Gasteiger partial charge on any atom is 0.306 e. The fraction of sp³-hybridized carbons (Fsp3) is 0.459. The summed E-state index contributed by atoms with van der Waals surface area (Å²) in [5.41, 5.74) is 1.99. The molecular weight excluding hydrogens is 678 g/mol. The van der Waals surface area contributed by atoms with E-state index in [0.29, 0.717) is 12.8 Å². The molecule has 7 atom stereocenters. The zero-order valence-corrected chi connectivity index (χ0v) is 29.1. The van der Waals surface area contributed by atoms with Crippen LogP contribution in [0.5, 0.6) is 0 Å². The predicted molar refractivity (Wildman–Crippen MR) is 185 cm³/mol. The van der Waals surface area contributed by atoms with Crippen molar-refractivity contribution < 1.29 is 33.8 Å². The van der Waals surface area contributed by atoms with Crippen molar-refractivity contribution in [1.82, 2.24) is 10.2 Å². The summed E-state index contributed by atoms with van der Waals surface area (Å²) in [6, 6.07) is 13.3.